The Hall–Kier alpha value is -2.43. The molecule has 2 aromatic rings. The Kier molecular flexibility index (Phi) is 7.27. The van der Waals surface area contributed by atoms with Crippen LogP contribution in [-0.4, -0.2) is 52.9 Å². The van der Waals surface area contributed by atoms with Crippen molar-refractivity contribution < 1.29 is 26.7 Å². The number of nitrogens with zero attached hydrogens (tertiary/aromatic N) is 2. The van der Waals surface area contributed by atoms with E-state index in [1.807, 2.05) is 0 Å². The first-order valence-corrected chi connectivity index (χ1v) is 12.1. The molecule has 0 spiro atoms. The van der Waals surface area contributed by atoms with E-state index < -0.39 is 26.0 Å². The molecule has 0 saturated carbocycles. The Morgan fingerprint density at radius 3 is 2.10 bits per heavy atom. The molecule has 0 heterocycles. The zero-order valence-corrected chi connectivity index (χ0v) is 19.0. The van der Waals surface area contributed by atoms with E-state index in [9.17, 15) is 21.6 Å². The summed E-state index contributed by atoms with van der Waals surface area (Å²) in [5, 5.41) is 8.76. The van der Waals surface area contributed by atoms with Crippen molar-refractivity contribution in [1.29, 1.82) is 0 Å². The number of aryl methyl sites for hydroxylation is 2. The van der Waals surface area contributed by atoms with Gasteiger partial charge in [0.1, 0.15) is 0 Å². The second kappa shape index (κ2) is 9.15. The number of carboxylic acid groups (broad SMARTS) is 1. The van der Waals surface area contributed by atoms with Crippen molar-refractivity contribution in [2.24, 2.45) is 0 Å². The molecule has 0 unspecified atom stereocenters. The van der Waals surface area contributed by atoms with Crippen molar-refractivity contribution in [3.63, 3.8) is 0 Å². The van der Waals surface area contributed by atoms with Gasteiger partial charge in [-0.2, -0.15) is 0 Å². The van der Waals surface area contributed by atoms with Crippen LogP contribution in [0.3, 0.4) is 0 Å². The number of benzene rings is 2. The maximum absolute atomic E-state index is 13.0. The number of aliphatic carboxylic acids is 1. The van der Waals surface area contributed by atoms with Gasteiger partial charge in [0, 0.05) is 27.1 Å². The summed E-state index contributed by atoms with van der Waals surface area (Å²) >= 11 is 0. The third kappa shape index (κ3) is 5.00. The first-order valence-electron chi connectivity index (χ1n) is 9.22. The van der Waals surface area contributed by atoms with E-state index in [1.165, 1.54) is 32.3 Å². The molecule has 0 fully saturated rings. The molecule has 10 heteroatoms. The number of sulfonamides is 2. The van der Waals surface area contributed by atoms with Crippen LogP contribution >= 0.6 is 0 Å². The van der Waals surface area contributed by atoms with E-state index in [0.29, 0.717) is 11.1 Å². The number of anilines is 1. The first-order chi connectivity index (χ1) is 13.9. The smallest absolute Gasteiger partial charge is 0.303 e. The lowest BCUT2D eigenvalue weighted by molar-refractivity contribution is -0.137. The van der Waals surface area contributed by atoms with Crippen LogP contribution in [0.4, 0.5) is 5.69 Å². The molecule has 164 valence electrons. The fourth-order valence-corrected chi connectivity index (χ4v) is 5.76. The van der Waals surface area contributed by atoms with Gasteiger partial charge in [-0.3, -0.25) is 9.10 Å². The van der Waals surface area contributed by atoms with Crippen LogP contribution in [0.2, 0.25) is 0 Å². The predicted molar refractivity (Wildman–Crippen MR) is 115 cm³/mol. The summed E-state index contributed by atoms with van der Waals surface area (Å²) in [6.07, 6.45) is 0.0289. The molecule has 0 aliphatic carbocycles. The van der Waals surface area contributed by atoms with Crippen molar-refractivity contribution in [1.82, 2.24) is 4.31 Å². The Morgan fingerprint density at radius 1 is 0.933 bits per heavy atom. The number of hydrogen-bond acceptors (Lipinski definition) is 5. The third-order valence-corrected chi connectivity index (χ3v) is 8.57. The zero-order valence-electron chi connectivity index (χ0n) is 17.4. The molecular weight excluding hydrogens is 428 g/mol. The second-order valence-electron chi connectivity index (χ2n) is 7.01. The second-order valence-corrected chi connectivity index (χ2v) is 11.0. The maximum Gasteiger partial charge on any atom is 0.303 e. The molecule has 0 saturated heterocycles. The summed E-state index contributed by atoms with van der Waals surface area (Å²) in [5.74, 6) is -0.998. The minimum atomic E-state index is -3.93. The van der Waals surface area contributed by atoms with Crippen LogP contribution in [0.25, 0.3) is 0 Å². The van der Waals surface area contributed by atoms with Gasteiger partial charge in [-0.15, -0.1) is 0 Å². The lowest BCUT2D eigenvalue weighted by Crippen LogP contribution is -2.30. The van der Waals surface area contributed by atoms with Crippen LogP contribution in [0.15, 0.2) is 52.3 Å². The van der Waals surface area contributed by atoms with Gasteiger partial charge in [0.15, 0.2) is 0 Å². The highest BCUT2D eigenvalue weighted by atomic mass is 32.2. The lowest BCUT2D eigenvalue weighted by atomic mass is 10.1. The molecule has 0 aromatic heterocycles. The van der Waals surface area contributed by atoms with Gasteiger partial charge in [-0.25, -0.2) is 21.1 Å². The molecule has 0 aliphatic heterocycles. The molecule has 8 nitrogen and oxygen atoms in total. The van der Waals surface area contributed by atoms with Crippen molar-refractivity contribution >= 4 is 31.7 Å². The van der Waals surface area contributed by atoms with Crippen LogP contribution in [0.1, 0.15) is 24.0 Å². The third-order valence-electron chi connectivity index (χ3n) is 4.79. The largest absolute Gasteiger partial charge is 0.481 e. The molecule has 2 aromatic carbocycles. The topological polar surface area (TPSA) is 112 Å². The predicted octanol–water partition coefficient (Wildman–Crippen LogP) is 2.61. The Morgan fingerprint density at radius 2 is 1.53 bits per heavy atom. The minimum Gasteiger partial charge on any atom is -0.481 e. The summed E-state index contributed by atoms with van der Waals surface area (Å²) in [5.41, 5.74) is 1.34. The molecule has 0 radical (unpaired) electrons. The average Bonchev–Trinajstić information content (AvgIpc) is 2.67. The van der Waals surface area contributed by atoms with Gasteiger partial charge in [0.2, 0.25) is 10.0 Å². The maximum atomic E-state index is 13.0. The summed E-state index contributed by atoms with van der Waals surface area (Å²) in [6, 6.07) is 10.9. The molecule has 0 amide bonds. The van der Waals surface area contributed by atoms with Crippen molar-refractivity contribution in [3.05, 3.63) is 53.6 Å². The van der Waals surface area contributed by atoms with E-state index in [0.717, 1.165) is 8.61 Å². The first kappa shape index (κ1) is 23.8. The van der Waals surface area contributed by atoms with Gasteiger partial charge >= 0.3 is 5.97 Å². The molecule has 2 rings (SSSR count). The van der Waals surface area contributed by atoms with Crippen molar-refractivity contribution in [3.8, 4) is 0 Å². The van der Waals surface area contributed by atoms with Crippen LogP contribution < -0.4 is 4.31 Å². The average molecular weight is 455 g/mol. The van der Waals surface area contributed by atoms with E-state index >= 15 is 0 Å². The van der Waals surface area contributed by atoms with E-state index in [4.69, 9.17) is 5.11 Å². The van der Waals surface area contributed by atoms with Crippen LogP contribution in [-0.2, 0) is 24.8 Å². The highest BCUT2D eigenvalue weighted by molar-refractivity contribution is 7.92. The minimum absolute atomic E-state index is 0.0176. The van der Waals surface area contributed by atoms with Gasteiger partial charge in [0.25, 0.3) is 10.0 Å². The zero-order chi connectivity index (χ0) is 22.7. The summed E-state index contributed by atoms with van der Waals surface area (Å²) in [6.45, 7) is 3.39. The van der Waals surface area contributed by atoms with Gasteiger partial charge < -0.3 is 5.11 Å². The lowest BCUT2D eigenvalue weighted by Gasteiger charge is -2.24. The van der Waals surface area contributed by atoms with Crippen LogP contribution in [0.5, 0.6) is 0 Å². The Labute approximate surface area is 177 Å². The number of hydrogen-bond donors (Lipinski definition) is 1. The number of carboxylic acids is 1. The van der Waals surface area contributed by atoms with Gasteiger partial charge in [-0.1, -0.05) is 24.3 Å². The highest BCUT2D eigenvalue weighted by Crippen LogP contribution is 2.31. The molecule has 0 atom stereocenters. The van der Waals surface area contributed by atoms with E-state index in [-0.39, 0.29) is 34.9 Å². The fraction of sp³-hybridized carbons (Fsp3) is 0.350. The molecule has 30 heavy (non-hydrogen) atoms. The molecule has 0 aliphatic rings. The molecule has 0 bridgehead atoms. The van der Waals surface area contributed by atoms with Gasteiger partial charge in [0.05, 0.1) is 15.5 Å². The Balaban J connectivity index is 2.46. The monoisotopic (exact) mass is 454 g/mol. The summed E-state index contributed by atoms with van der Waals surface area (Å²) in [7, 11) is -5.05. The molecular formula is C20H26N2O6S2. The highest BCUT2D eigenvalue weighted by Gasteiger charge is 2.27. The SMILES string of the molecule is Cc1cc(C)c(S(=O)(=O)N(C)CCCC(=O)O)cc1N(C)S(=O)(=O)c1ccccc1. The molecule has 1 N–H and O–H groups in total. The fourth-order valence-electron chi connectivity index (χ4n) is 3.06. The van der Waals surface area contributed by atoms with E-state index in [1.54, 1.807) is 38.1 Å². The van der Waals surface area contributed by atoms with E-state index in [2.05, 4.69) is 0 Å². The summed E-state index contributed by atoms with van der Waals surface area (Å²) in [4.78, 5) is 10.8. The quantitative estimate of drug-likeness (QED) is 0.623. The normalized spacial score (nSPS) is 12.2. The van der Waals surface area contributed by atoms with Crippen molar-refractivity contribution in [2.45, 2.75) is 36.5 Å². The Bertz CT molecular complexity index is 1130. The van der Waals surface area contributed by atoms with Gasteiger partial charge in [-0.05, 0) is 49.6 Å². The van der Waals surface area contributed by atoms with Crippen molar-refractivity contribution in [2.75, 3.05) is 24.9 Å². The number of rotatable bonds is 9. The summed E-state index contributed by atoms with van der Waals surface area (Å²) < 4.78 is 54.2. The van der Waals surface area contributed by atoms with Crippen LogP contribution in [0, 0.1) is 13.8 Å². The standard InChI is InChI=1S/C20H26N2O6S2/c1-15-13-16(2)19(30(27,28)21(3)12-8-11-20(23)24)14-18(15)22(4)29(25,26)17-9-6-5-7-10-17/h5-7,9-10,13-14H,8,11-12H2,1-4H3,(H,23,24). The number of carbonyl (C=O) groups is 1.